The summed E-state index contributed by atoms with van der Waals surface area (Å²) in [4.78, 5) is 40.3. The van der Waals surface area contributed by atoms with E-state index < -0.39 is 37.8 Å². The zero-order chi connectivity index (χ0) is 12.6. The van der Waals surface area contributed by atoms with Crippen molar-refractivity contribution in [3.8, 4) is 0 Å². The SMILES string of the molecule is O=C(O)OC(=O)OCCOC(=O)OC(=O)O. The average molecular weight is 238 g/mol. The zero-order valence-electron chi connectivity index (χ0n) is 7.57. The van der Waals surface area contributed by atoms with Crippen LogP contribution in [0.4, 0.5) is 19.2 Å². The highest BCUT2D eigenvalue weighted by Crippen LogP contribution is 1.89. The zero-order valence-corrected chi connectivity index (χ0v) is 7.57. The Bertz CT molecular complexity index is 264. The van der Waals surface area contributed by atoms with Crippen molar-refractivity contribution in [2.75, 3.05) is 13.2 Å². The second kappa shape index (κ2) is 6.86. The van der Waals surface area contributed by atoms with Crippen LogP contribution < -0.4 is 0 Å². The van der Waals surface area contributed by atoms with Crippen molar-refractivity contribution in [1.29, 1.82) is 0 Å². The summed E-state index contributed by atoms with van der Waals surface area (Å²) in [5.74, 6) is 0. The van der Waals surface area contributed by atoms with Crippen LogP contribution in [0.2, 0.25) is 0 Å². The van der Waals surface area contributed by atoms with Crippen LogP contribution in [0.3, 0.4) is 0 Å². The molecule has 0 aliphatic rings. The number of hydrogen-bond donors (Lipinski definition) is 2. The van der Waals surface area contributed by atoms with Crippen molar-refractivity contribution >= 4 is 24.6 Å². The van der Waals surface area contributed by atoms with Gasteiger partial charge in [-0.25, -0.2) is 19.2 Å². The number of carboxylic acid groups (broad SMARTS) is 2. The van der Waals surface area contributed by atoms with Gasteiger partial charge in [0, 0.05) is 0 Å². The van der Waals surface area contributed by atoms with Crippen molar-refractivity contribution in [2.24, 2.45) is 0 Å². The molecule has 0 unspecified atom stereocenters. The van der Waals surface area contributed by atoms with Crippen LogP contribution >= 0.6 is 0 Å². The van der Waals surface area contributed by atoms with Crippen molar-refractivity contribution < 1.29 is 48.3 Å². The Labute approximate surface area is 87.3 Å². The second-order valence-electron chi connectivity index (χ2n) is 1.93. The lowest BCUT2D eigenvalue weighted by atomic mass is 10.8. The Morgan fingerprint density at radius 3 is 1.31 bits per heavy atom. The topological polar surface area (TPSA) is 146 Å². The summed E-state index contributed by atoms with van der Waals surface area (Å²) in [6, 6.07) is 0. The molecule has 0 aliphatic carbocycles. The van der Waals surface area contributed by atoms with Crippen LogP contribution in [-0.2, 0) is 18.9 Å². The van der Waals surface area contributed by atoms with Crippen molar-refractivity contribution in [1.82, 2.24) is 0 Å². The van der Waals surface area contributed by atoms with Gasteiger partial charge in [0.05, 0.1) is 0 Å². The fourth-order valence-corrected chi connectivity index (χ4v) is 0.452. The molecule has 0 aromatic carbocycles. The summed E-state index contributed by atoms with van der Waals surface area (Å²) in [5, 5.41) is 15.9. The van der Waals surface area contributed by atoms with Crippen LogP contribution in [-0.4, -0.2) is 48.0 Å². The predicted molar refractivity (Wildman–Crippen MR) is 40.9 cm³/mol. The highest BCUT2D eigenvalue weighted by molar-refractivity contribution is 5.76. The smallest absolute Gasteiger partial charge is 0.449 e. The highest BCUT2D eigenvalue weighted by Gasteiger charge is 2.12. The second-order valence-corrected chi connectivity index (χ2v) is 1.93. The third-order valence-electron chi connectivity index (χ3n) is 0.864. The molecule has 0 heterocycles. The van der Waals surface area contributed by atoms with Crippen LogP contribution in [0.5, 0.6) is 0 Å². The van der Waals surface area contributed by atoms with Gasteiger partial charge in [-0.1, -0.05) is 0 Å². The van der Waals surface area contributed by atoms with E-state index in [0.717, 1.165) is 0 Å². The van der Waals surface area contributed by atoms with Gasteiger partial charge in [-0.3, -0.25) is 0 Å². The molecule has 10 nitrogen and oxygen atoms in total. The maximum absolute atomic E-state index is 10.4. The first-order valence-corrected chi connectivity index (χ1v) is 3.57. The number of carbonyl (C=O) groups excluding carboxylic acids is 2. The molecule has 0 saturated carbocycles. The molecule has 10 heteroatoms. The molecule has 0 amide bonds. The summed E-state index contributed by atoms with van der Waals surface area (Å²) in [5.41, 5.74) is 0. The molecule has 0 aromatic heterocycles. The minimum atomic E-state index is -1.85. The number of carbonyl (C=O) groups is 4. The summed E-state index contributed by atoms with van der Waals surface area (Å²) in [7, 11) is 0. The summed E-state index contributed by atoms with van der Waals surface area (Å²) in [6.45, 7) is -1.03. The molecule has 0 fully saturated rings. The molecule has 0 atom stereocenters. The van der Waals surface area contributed by atoms with Gasteiger partial charge in [0.1, 0.15) is 13.2 Å². The molecule has 0 saturated heterocycles. The molecular weight excluding hydrogens is 232 g/mol. The van der Waals surface area contributed by atoms with Gasteiger partial charge in [0.2, 0.25) is 0 Å². The Kier molecular flexibility index (Phi) is 5.78. The van der Waals surface area contributed by atoms with Crippen molar-refractivity contribution in [3.63, 3.8) is 0 Å². The van der Waals surface area contributed by atoms with Gasteiger partial charge in [0.25, 0.3) is 0 Å². The van der Waals surface area contributed by atoms with Crippen LogP contribution in [0.1, 0.15) is 0 Å². The Hall–Kier alpha value is -2.52. The first kappa shape index (κ1) is 13.5. The van der Waals surface area contributed by atoms with E-state index in [2.05, 4.69) is 18.9 Å². The summed E-state index contributed by atoms with van der Waals surface area (Å²) >= 11 is 0. The van der Waals surface area contributed by atoms with Gasteiger partial charge < -0.3 is 29.2 Å². The van der Waals surface area contributed by atoms with Crippen molar-refractivity contribution in [3.05, 3.63) is 0 Å². The largest absolute Gasteiger partial charge is 0.518 e. The van der Waals surface area contributed by atoms with Crippen LogP contribution in [0, 0.1) is 0 Å². The molecule has 0 spiro atoms. The van der Waals surface area contributed by atoms with E-state index in [0.29, 0.717) is 0 Å². The molecule has 0 aliphatic heterocycles. The number of hydrogen-bond acceptors (Lipinski definition) is 8. The van der Waals surface area contributed by atoms with Crippen LogP contribution in [0.25, 0.3) is 0 Å². The summed E-state index contributed by atoms with van der Waals surface area (Å²) < 4.78 is 15.2. The number of rotatable bonds is 3. The lowest BCUT2D eigenvalue weighted by molar-refractivity contribution is 0.0227. The molecular formula is C6H6O10. The van der Waals surface area contributed by atoms with Crippen molar-refractivity contribution in [2.45, 2.75) is 0 Å². The van der Waals surface area contributed by atoms with E-state index in [4.69, 9.17) is 10.2 Å². The third-order valence-corrected chi connectivity index (χ3v) is 0.864. The molecule has 2 N–H and O–H groups in total. The Balaban J connectivity index is 3.53. The molecule has 0 rings (SSSR count). The average Bonchev–Trinajstić information content (AvgIpc) is 2.10. The standard InChI is InChI=1S/C6H6O10/c7-3(8)15-5(11)13-1-2-14-6(12)16-4(9)10/h1-2H2,(H,7,8)(H,9,10). The molecule has 0 aromatic rings. The Morgan fingerprint density at radius 2 is 1.06 bits per heavy atom. The van der Waals surface area contributed by atoms with Crippen LogP contribution in [0.15, 0.2) is 0 Å². The fourth-order valence-electron chi connectivity index (χ4n) is 0.452. The van der Waals surface area contributed by atoms with Gasteiger partial charge in [-0.2, -0.15) is 0 Å². The van der Waals surface area contributed by atoms with E-state index in [9.17, 15) is 19.2 Å². The first-order valence-electron chi connectivity index (χ1n) is 3.57. The maximum atomic E-state index is 10.4. The van der Waals surface area contributed by atoms with Gasteiger partial charge in [-0.15, -0.1) is 0 Å². The van der Waals surface area contributed by atoms with E-state index in [1.807, 2.05) is 0 Å². The van der Waals surface area contributed by atoms with Gasteiger partial charge >= 0.3 is 24.6 Å². The molecule has 16 heavy (non-hydrogen) atoms. The van der Waals surface area contributed by atoms with E-state index >= 15 is 0 Å². The Morgan fingerprint density at radius 1 is 0.750 bits per heavy atom. The summed E-state index contributed by atoms with van der Waals surface area (Å²) in [6.07, 6.45) is -6.70. The van der Waals surface area contributed by atoms with E-state index in [1.165, 1.54) is 0 Å². The lowest BCUT2D eigenvalue weighted by Crippen LogP contribution is -2.18. The minimum absolute atomic E-state index is 0.513. The first-order chi connectivity index (χ1) is 7.41. The monoisotopic (exact) mass is 238 g/mol. The van der Waals surface area contributed by atoms with E-state index in [-0.39, 0.29) is 0 Å². The molecule has 0 bridgehead atoms. The quantitative estimate of drug-likeness (QED) is 0.408. The lowest BCUT2D eigenvalue weighted by Gasteiger charge is -2.03. The molecule has 90 valence electrons. The maximum Gasteiger partial charge on any atom is 0.518 e. The number of ether oxygens (including phenoxy) is 4. The van der Waals surface area contributed by atoms with Gasteiger partial charge in [0.15, 0.2) is 0 Å². The molecule has 0 radical (unpaired) electrons. The van der Waals surface area contributed by atoms with E-state index in [1.54, 1.807) is 0 Å². The fraction of sp³-hybridized carbons (Fsp3) is 0.333. The van der Waals surface area contributed by atoms with Gasteiger partial charge in [-0.05, 0) is 0 Å². The third kappa shape index (κ3) is 8.10. The highest BCUT2D eigenvalue weighted by atomic mass is 16.8. The minimum Gasteiger partial charge on any atom is -0.449 e. The normalized spacial score (nSPS) is 8.75. The predicted octanol–water partition coefficient (Wildman–Crippen LogP) is 0.649.